The number of hydrogen-bond acceptors (Lipinski definition) is 5. The van der Waals surface area contributed by atoms with E-state index in [1.807, 2.05) is 18.2 Å². The third kappa shape index (κ3) is 3.15. The van der Waals surface area contributed by atoms with Crippen molar-refractivity contribution >= 4 is 11.3 Å². The summed E-state index contributed by atoms with van der Waals surface area (Å²) in [6.07, 6.45) is 4.21. The van der Waals surface area contributed by atoms with Crippen molar-refractivity contribution in [1.29, 1.82) is 0 Å². The fourth-order valence-electron chi connectivity index (χ4n) is 3.15. The Morgan fingerprint density at radius 1 is 1.25 bits per heavy atom. The predicted octanol–water partition coefficient (Wildman–Crippen LogP) is 4.10. The summed E-state index contributed by atoms with van der Waals surface area (Å²) in [6.45, 7) is 0.482. The van der Waals surface area contributed by atoms with Crippen LogP contribution in [0.4, 0.5) is 0 Å². The number of aliphatic hydroxyl groups excluding tert-OH is 1. The lowest BCUT2D eigenvalue weighted by Gasteiger charge is -2.23. The molecule has 5 heteroatoms. The smallest absolute Gasteiger partial charge is 0.133 e. The topological polar surface area (TPSA) is 58.3 Å². The van der Waals surface area contributed by atoms with Crippen LogP contribution in [0.1, 0.15) is 41.3 Å². The van der Waals surface area contributed by atoms with Crippen LogP contribution >= 0.6 is 11.3 Å². The second-order valence-corrected chi connectivity index (χ2v) is 7.11. The predicted molar refractivity (Wildman–Crippen MR) is 94.9 cm³/mol. The maximum Gasteiger partial charge on any atom is 0.133 e. The van der Waals surface area contributed by atoms with Crippen molar-refractivity contribution in [3.63, 3.8) is 0 Å². The molecule has 0 saturated carbocycles. The van der Waals surface area contributed by atoms with Gasteiger partial charge in [-0.05, 0) is 31.4 Å². The average molecular weight is 340 g/mol. The molecular formula is C19H20N2O2S. The summed E-state index contributed by atoms with van der Waals surface area (Å²) in [4.78, 5) is 6.16. The van der Waals surface area contributed by atoms with Crippen LogP contribution in [-0.2, 0) is 6.42 Å². The van der Waals surface area contributed by atoms with Gasteiger partial charge in [-0.25, -0.2) is 4.98 Å². The molecule has 0 fully saturated rings. The summed E-state index contributed by atoms with van der Waals surface area (Å²) < 4.78 is 5.27. The summed E-state index contributed by atoms with van der Waals surface area (Å²) in [5.41, 5.74) is 2.38. The van der Waals surface area contributed by atoms with Gasteiger partial charge in [0.2, 0.25) is 0 Å². The molecule has 0 amide bonds. The highest BCUT2D eigenvalue weighted by molar-refractivity contribution is 7.15. The Balaban J connectivity index is 1.50. The SMILES string of the molecule is OC(CNC1CCCc2nc(-c3ccccc3)sc21)c1ccco1. The molecule has 124 valence electrons. The van der Waals surface area contributed by atoms with Gasteiger partial charge in [0.15, 0.2) is 0 Å². The second-order valence-electron chi connectivity index (χ2n) is 6.08. The number of thiazole rings is 1. The van der Waals surface area contributed by atoms with Gasteiger partial charge in [0, 0.05) is 23.0 Å². The Bertz CT molecular complexity index is 783. The van der Waals surface area contributed by atoms with Gasteiger partial charge in [-0.2, -0.15) is 0 Å². The van der Waals surface area contributed by atoms with E-state index in [1.165, 1.54) is 16.1 Å². The largest absolute Gasteiger partial charge is 0.467 e. The molecule has 24 heavy (non-hydrogen) atoms. The van der Waals surface area contributed by atoms with Gasteiger partial charge < -0.3 is 14.8 Å². The zero-order chi connectivity index (χ0) is 16.4. The van der Waals surface area contributed by atoms with Crippen molar-refractivity contribution in [2.24, 2.45) is 0 Å². The maximum absolute atomic E-state index is 10.2. The van der Waals surface area contributed by atoms with E-state index in [4.69, 9.17) is 9.40 Å². The number of aryl methyl sites for hydroxylation is 1. The van der Waals surface area contributed by atoms with Crippen molar-refractivity contribution in [2.75, 3.05) is 6.54 Å². The molecule has 0 saturated heterocycles. The van der Waals surface area contributed by atoms with Crippen LogP contribution in [0.3, 0.4) is 0 Å². The lowest BCUT2D eigenvalue weighted by atomic mass is 9.98. The lowest BCUT2D eigenvalue weighted by Crippen LogP contribution is -2.28. The first-order valence-corrected chi connectivity index (χ1v) is 9.13. The molecule has 1 aromatic carbocycles. The van der Waals surface area contributed by atoms with E-state index in [9.17, 15) is 5.11 Å². The van der Waals surface area contributed by atoms with Crippen molar-refractivity contribution in [3.05, 3.63) is 65.1 Å². The first-order valence-electron chi connectivity index (χ1n) is 8.31. The zero-order valence-corrected chi connectivity index (χ0v) is 14.1. The Kier molecular flexibility index (Phi) is 4.47. The molecule has 0 radical (unpaired) electrons. The summed E-state index contributed by atoms with van der Waals surface area (Å²) in [6, 6.07) is 14.2. The quantitative estimate of drug-likeness (QED) is 0.734. The van der Waals surface area contributed by atoms with Gasteiger partial charge in [0.05, 0.1) is 12.0 Å². The van der Waals surface area contributed by atoms with E-state index in [1.54, 1.807) is 29.7 Å². The van der Waals surface area contributed by atoms with Crippen molar-refractivity contribution < 1.29 is 9.52 Å². The molecule has 4 nitrogen and oxygen atoms in total. The highest BCUT2D eigenvalue weighted by atomic mass is 32.1. The third-order valence-corrected chi connectivity index (χ3v) is 5.66. The molecule has 2 aromatic heterocycles. The molecule has 4 rings (SSSR count). The average Bonchev–Trinajstić information content (AvgIpc) is 3.30. The molecule has 2 unspecified atom stereocenters. The van der Waals surface area contributed by atoms with E-state index in [0.29, 0.717) is 12.3 Å². The molecule has 0 spiro atoms. The Labute approximate surface area is 145 Å². The minimum Gasteiger partial charge on any atom is -0.467 e. The van der Waals surface area contributed by atoms with Gasteiger partial charge in [0.1, 0.15) is 16.9 Å². The molecule has 1 aliphatic rings. The molecule has 1 aliphatic carbocycles. The third-order valence-electron chi connectivity index (χ3n) is 4.40. The number of hydrogen-bond donors (Lipinski definition) is 2. The lowest BCUT2D eigenvalue weighted by molar-refractivity contribution is 0.142. The van der Waals surface area contributed by atoms with Gasteiger partial charge in [-0.3, -0.25) is 0 Å². The van der Waals surface area contributed by atoms with Gasteiger partial charge in [-0.15, -0.1) is 11.3 Å². The van der Waals surface area contributed by atoms with E-state index in [0.717, 1.165) is 24.3 Å². The first-order chi connectivity index (χ1) is 11.8. The van der Waals surface area contributed by atoms with Gasteiger partial charge >= 0.3 is 0 Å². The van der Waals surface area contributed by atoms with Crippen LogP contribution in [0.15, 0.2) is 53.1 Å². The Morgan fingerprint density at radius 3 is 2.92 bits per heavy atom. The van der Waals surface area contributed by atoms with E-state index in [-0.39, 0.29) is 6.04 Å². The number of aliphatic hydroxyl groups is 1. The molecule has 2 N–H and O–H groups in total. The number of rotatable bonds is 5. The first kappa shape index (κ1) is 15.6. The number of aromatic nitrogens is 1. The normalized spacial score (nSPS) is 18.3. The van der Waals surface area contributed by atoms with Crippen LogP contribution < -0.4 is 5.32 Å². The molecular weight excluding hydrogens is 320 g/mol. The molecule has 0 bridgehead atoms. The van der Waals surface area contributed by atoms with Crippen molar-refractivity contribution in [2.45, 2.75) is 31.4 Å². The van der Waals surface area contributed by atoms with Crippen LogP contribution in [-0.4, -0.2) is 16.6 Å². The molecule has 2 heterocycles. The van der Waals surface area contributed by atoms with Crippen molar-refractivity contribution in [1.82, 2.24) is 10.3 Å². The van der Waals surface area contributed by atoms with Crippen molar-refractivity contribution in [3.8, 4) is 10.6 Å². The second kappa shape index (κ2) is 6.89. The fraction of sp³-hybridized carbons (Fsp3) is 0.316. The zero-order valence-electron chi connectivity index (χ0n) is 13.3. The Hall–Kier alpha value is -1.95. The minimum absolute atomic E-state index is 0.258. The number of furan rings is 1. The van der Waals surface area contributed by atoms with E-state index >= 15 is 0 Å². The van der Waals surface area contributed by atoms with Crippen LogP contribution in [0, 0.1) is 0 Å². The van der Waals surface area contributed by atoms with Crippen LogP contribution in [0.5, 0.6) is 0 Å². The van der Waals surface area contributed by atoms with Gasteiger partial charge in [0.25, 0.3) is 0 Å². The number of fused-ring (bicyclic) bond motifs is 1. The summed E-state index contributed by atoms with van der Waals surface area (Å²) >= 11 is 1.77. The molecule has 0 aliphatic heterocycles. The molecule has 3 aromatic rings. The minimum atomic E-state index is -0.619. The highest BCUT2D eigenvalue weighted by Gasteiger charge is 2.25. The monoisotopic (exact) mass is 340 g/mol. The van der Waals surface area contributed by atoms with Crippen LogP contribution in [0.25, 0.3) is 10.6 Å². The van der Waals surface area contributed by atoms with Crippen LogP contribution in [0.2, 0.25) is 0 Å². The maximum atomic E-state index is 10.2. The van der Waals surface area contributed by atoms with Gasteiger partial charge in [-0.1, -0.05) is 30.3 Å². The Morgan fingerprint density at radius 2 is 2.12 bits per heavy atom. The van der Waals surface area contributed by atoms with E-state index < -0.39 is 6.10 Å². The standard InChI is InChI=1S/C19H20N2O2S/c22-16(17-10-5-11-23-17)12-20-14-8-4-9-15-18(14)24-19(21-15)13-6-2-1-3-7-13/h1-3,5-7,10-11,14,16,20,22H,4,8-9,12H2. The summed E-state index contributed by atoms with van der Waals surface area (Å²) in [5.74, 6) is 0.604. The molecule has 2 atom stereocenters. The summed E-state index contributed by atoms with van der Waals surface area (Å²) in [7, 11) is 0. The number of nitrogens with zero attached hydrogens (tertiary/aromatic N) is 1. The number of benzene rings is 1. The summed E-state index contributed by atoms with van der Waals surface area (Å²) in [5, 5.41) is 14.8. The van der Waals surface area contributed by atoms with E-state index in [2.05, 4.69) is 17.4 Å². The highest BCUT2D eigenvalue weighted by Crippen LogP contribution is 2.38. The number of nitrogens with one attached hydrogen (secondary N) is 1. The fourth-order valence-corrected chi connectivity index (χ4v) is 4.38.